The molecule has 1 fully saturated rings. The van der Waals surface area contributed by atoms with Crippen LogP contribution in [0.1, 0.15) is 36.7 Å². The van der Waals surface area contributed by atoms with Crippen LogP contribution in [0.3, 0.4) is 0 Å². The van der Waals surface area contributed by atoms with Crippen molar-refractivity contribution in [3.8, 4) is 17.1 Å². The molecule has 0 bridgehead atoms. The normalized spacial score (nSPS) is 18.8. The number of hydrogen-bond donors (Lipinski definition) is 2. The van der Waals surface area contributed by atoms with E-state index in [1.54, 1.807) is 18.7 Å². The van der Waals surface area contributed by atoms with Gasteiger partial charge in [0.25, 0.3) is 5.91 Å². The first-order valence-corrected chi connectivity index (χ1v) is 11.2. The van der Waals surface area contributed by atoms with E-state index in [-0.39, 0.29) is 47.4 Å². The van der Waals surface area contributed by atoms with Crippen LogP contribution in [0.5, 0.6) is 5.88 Å². The number of alkyl halides is 4. The zero-order chi connectivity index (χ0) is 27.3. The van der Waals surface area contributed by atoms with Crippen LogP contribution in [0, 0.1) is 0 Å². The molecule has 1 aliphatic rings. The summed E-state index contributed by atoms with van der Waals surface area (Å²) in [5.74, 6) is -1.37. The van der Waals surface area contributed by atoms with Gasteiger partial charge in [-0.1, -0.05) is 0 Å². The third-order valence-electron chi connectivity index (χ3n) is 6.69. The van der Waals surface area contributed by atoms with Gasteiger partial charge < -0.3 is 15.8 Å². The van der Waals surface area contributed by atoms with Crippen molar-refractivity contribution in [2.24, 2.45) is 0 Å². The molecule has 37 heavy (non-hydrogen) atoms. The number of amides is 1. The maximum absolute atomic E-state index is 14.8. The lowest BCUT2D eigenvalue weighted by Crippen LogP contribution is -2.49. The number of carbonyl (C=O) groups is 2. The first kappa shape index (κ1) is 26.3. The molecule has 0 radical (unpaired) electrons. The van der Waals surface area contributed by atoms with E-state index in [2.05, 4.69) is 20.4 Å². The summed E-state index contributed by atoms with van der Waals surface area (Å²) < 4.78 is 62.0. The highest BCUT2D eigenvalue weighted by Gasteiger charge is 2.43. The molecule has 198 valence electrons. The van der Waals surface area contributed by atoms with E-state index in [4.69, 9.17) is 10.5 Å². The van der Waals surface area contributed by atoms with Crippen LogP contribution in [0.4, 0.5) is 23.4 Å². The minimum absolute atomic E-state index is 0.0424. The number of methoxy groups -OCH3 is 1. The van der Waals surface area contributed by atoms with Gasteiger partial charge in [-0.2, -0.15) is 18.3 Å². The van der Waals surface area contributed by atoms with Gasteiger partial charge in [0.05, 0.1) is 29.9 Å². The summed E-state index contributed by atoms with van der Waals surface area (Å²) in [5, 5.41) is 6.49. The molecule has 2 atom stereocenters. The van der Waals surface area contributed by atoms with Crippen LogP contribution in [0.2, 0.25) is 0 Å². The number of nitrogens with zero attached hydrogens (tertiary/aromatic N) is 5. The monoisotopic (exact) mass is 523 g/mol. The number of ether oxygens (including phenoxy) is 1. The molecule has 4 heterocycles. The number of carbonyl (C=O) groups excluding carboxylic acids is 2. The SMILES string of the molecule is COc1ncc(-c2cc(C(F)(F)F)c3c(N)ncnn23)cc1C(=O)N[C@H]1CN(C(C)(C)C(C)=O)C[C@@H]1F. The van der Waals surface area contributed by atoms with Gasteiger partial charge in [-0.05, 0) is 32.9 Å². The number of Topliss-reactive ketones (excluding diaryl/α,β-unsaturated/α-hetero) is 1. The van der Waals surface area contributed by atoms with Crippen molar-refractivity contribution in [1.82, 2.24) is 29.8 Å². The van der Waals surface area contributed by atoms with Gasteiger partial charge in [0.1, 0.15) is 29.4 Å². The first-order chi connectivity index (χ1) is 17.3. The number of rotatable bonds is 6. The van der Waals surface area contributed by atoms with E-state index in [1.807, 2.05) is 0 Å². The molecule has 0 unspecified atom stereocenters. The molecule has 3 aromatic rings. The summed E-state index contributed by atoms with van der Waals surface area (Å²) >= 11 is 0. The fourth-order valence-corrected chi connectivity index (χ4v) is 4.23. The molecule has 3 aromatic heterocycles. The van der Waals surface area contributed by atoms with Crippen LogP contribution in [0.25, 0.3) is 16.8 Å². The summed E-state index contributed by atoms with van der Waals surface area (Å²) in [7, 11) is 1.27. The second-order valence-electron chi connectivity index (χ2n) is 9.24. The standard InChI is InChI=1S/C23H25F4N7O3/c1-11(35)22(2,3)33-8-15(24)16(9-33)32-20(36)13-5-12(7-29-21(13)37-4)17-6-14(23(25,26)27)18-19(28)30-10-31-34(17)18/h5-7,10,15-16H,8-9H2,1-4H3,(H,32,36)(H2,28,30,31)/t15-,16-/m0/s1. The van der Waals surface area contributed by atoms with E-state index in [9.17, 15) is 27.2 Å². The largest absolute Gasteiger partial charge is 0.480 e. The average Bonchev–Trinajstić information content (AvgIpc) is 3.40. The summed E-state index contributed by atoms with van der Waals surface area (Å²) in [4.78, 5) is 34.5. The van der Waals surface area contributed by atoms with Crippen molar-refractivity contribution in [2.45, 2.75) is 44.7 Å². The molecular formula is C23H25F4N7O3. The number of hydrogen-bond acceptors (Lipinski definition) is 8. The molecule has 1 amide bonds. The minimum atomic E-state index is -4.75. The van der Waals surface area contributed by atoms with Crippen molar-refractivity contribution >= 4 is 23.0 Å². The number of pyridine rings is 1. The number of halogens is 4. The Hall–Kier alpha value is -3.81. The van der Waals surface area contributed by atoms with E-state index in [0.29, 0.717) is 0 Å². The number of ketones is 1. The lowest BCUT2D eigenvalue weighted by atomic mass is 9.98. The van der Waals surface area contributed by atoms with Crippen molar-refractivity contribution in [3.05, 3.63) is 35.8 Å². The van der Waals surface area contributed by atoms with Crippen molar-refractivity contribution in [1.29, 1.82) is 0 Å². The van der Waals surface area contributed by atoms with Crippen LogP contribution in [-0.2, 0) is 11.0 Å². The molecule has 14 heteroatoms. The summed E-state index contributed by atoms with van der Waals surface area (Å²) in [6, 6.07) is 1.18. The lowest BCUT2D eigenvalue weighted by Gasteiger charge is -2.32. The van der Waals surface area contributed by atoms with E-state index < -0.39 is 40.9 Å². The Morgan fingerprint density at radius 1 is 1.19 bits per heavy atom. The second-order valence-corrected chi connectivity index (χ2v) is 9.24. The number of nitrogen functional groups attached to an aromatic ring is 1. The Bertz CT molecular complexity index is 1370. The molecular weight excluding hydrogens is 498 g/mol. The molecule has 0 aliphatic carbocycles. The van der Waals surface area contributed by atoms with Gasteiger partial charge in [-0.25, -0.2) is 18.9 Å². The maximum atomic E-state index is 14.8. The first-order valence-electron chi connectivity index (χ1n) is 11.2. The Morgan fingerprint density at radius 2 is 1.89 bits per heavy atom. The highest BCUT2D eigenvalue weighted by Crippen LogP contribution is 2.39. The predicted octanol–water partition coefficient (Wildman–Crippen LogP) is 2.52. The molecule has 1 aliphatic heterocycles. The molecule has 0 spiro atoms. The Morgan fingerprint density at radius 3 is 2.51 bits per heavy atom. The van der Waals surface area contributed by atoms with Gasteiger partial charge in [0.15, 0.2) is 5.82 Å². The van der Waals surface area contributed by atoms with Crippen LogP contribution >= 0.6 is 0 Å². The third kappa shape index (κ3) is 4.68. The average molecular weight is 523 g/mol. The van der Waals surface area contributed by atoms with Crippen LogP contribution in [-0.4, -0.2) is 74.1 Å². The van der Waals surface area contributed by atoms with E-state index in [1.165, 1.54) is 26.3 Å². The van der Waals surface area contributed by atoms with Gasteiger partial charge in [-0.3, -0.25) is 14.5 Å². The van der Waals surface area contributed by atoms with Gasteiger partial charge >= 0.3 is 6.18 Å². The molecule has 3 N–H and O–H groups in total. The minimum Gasteiger partial charge on any atom is -0.480 e. The topological polar surface area (TPSA) is 128 Å². The molecule has 0 aromatic carbocycles. The van der Waals surface area contributed by atoms with Crippen molar-refractivity contribution in [2.75, 3.05) is 25.9 Å². The maximum Gasteiger partial charge on any atom is 0.418 e. The van der Waals surface area contributed by atoms with Crippen LogP contribution in [0.15, 0.2) is 24.7 Å². The highest BCUT2D eigenvalue weighted by atomic mass is 19.4. The molecule has 0 saturated carbocycles. The Kier molecular flexibility index (Phi) is 6.56. The van der Waals surface area contributed by atoms with Gasteiger partial charge in [0.2, 0.25) is 5.88 Å². The quantitative estimate of drug-likeness (QED) is 0.472. The fraction of sp³-hybridized carbons (Fsp3) is 0.435. The third-order valence-corrected chi connectivity index (χ3v) is 6.69. The smallest absolute Gasteiger partial charge is 0.418 e. The number of aromatic nitrogens is 4. The number of anilines is 1. The Balaban J connectivity index is 1.70. The van der Waals surface area contributed by atoms with Crippen molar-refractivity contribution < 1.29 is 31.9 Å². The van der Waals surface area contributed by atoms with Crippen LogP contribution < -0.4 is 15.8 Å². The van der Waals surface area contributed by atoms with Gasteiger partial charge in [-0.15, -0.1) is 0 Å². The molecule has 10 nitrogen and oxygen atoms in total. The number of nitrogens with two attached hydrogens (primary N) is 1. The van der Waals surface area contributed by atoms with Gasteiger partial charge in [0, 0.05) is 24.8 Å². The highest BCUT2D eigenvalue weighted by molar-refractivity contribution is 5.98. The second kappa shape index (κ2) is 9.25. The summed E-state index contributed by atoms with van der Waals surface area (Å²) in [6.07, 6.45) is -3.97. The van der Waals surface area contributed by atoms with Crippen molar-refractivity contribution in [3.63, 3.8) is 0 Å². The van der Waals surface area contributed by atoms with E-state index >= 15 is 0 Å². The molecule has 4 rings (SSSR count). The Labute approximate surface area is 208 Å². The fourth-order valence-electron chi connectivity index (χ4n) is 4.23. The number of nitrogens with one attached hydrogen (secondary N) is 1. The zero-order valence-electron chi connectivity index (χ0n) is 20.4. The number of fused-ring (bicyclic) bond motifs is 1. The lowest BCUT2D eigenvalue weighted by molar-refractivity contribution is -0.136. The predicted molar refractivity (Wildman–Crippen MR) is 125 cm³/mol. The zero-order valence-corrected chi connectivity index (χ0v) is 20.4. The summed E-state index contributed by atoms with van der Waals surface area (Å²) in [6.45, 7) is 4.80. The molecule has 1 saturated heterocycles. The number of likely N-dealkylation sites (tertiary alicyclic amines) is 1. The van der Waals surface area contributed by atoms with E-state index in [0.717, 1.165) is 16.9 Å². The summed E-state index contributed by atoms with van der Waals surface area (Å²) in [5.41, 5.74) is 3.23.